The normalized spacial score (nSPS) is 10.6. The molecule has 0 fully saturated rings. The minimum atomic E-state index is -0.674. The number of halogens is 1. The molecule has 0 aliphatic rings. The molecule has 0 atom stereocenters. The van der Waals surface area contributed by atoms with Gasteiger partial charge in [-0.05, 0) is 67.1 Å². The largest absolute Gasteiger partial charge is 0.494 e. The maximum Gasteiger partial charge on any atom is 0.343 e. The van der Waals surface area contributed by atoms with Crippen LogP contribution in [0.4, 0.5) is 4.39 Å². The van der Waals surface area contributed by atoms with Crippen molar-refractivity contribution >= 4 is 18.1 Å². The molecular weight excluding hydrogens is 415 g/mol. The molecule has 3 rings (SSSR count). The minimum Gasteiger partial charge on any atom is -0.494 e. The van der Waals surface area contributed by atoms with Crippen LogP contribution >= 0.6 is 0 Å². The van der Waals surface area contributed by atoms with Crippen molar-refractivity contribution in [2.75, 3.05) is 13.7 Å². The molecule has 8 heteroatoms. The SMILES string of the molecule is CCOc1ccc(C(=O)Oc2ccc(/C=N\NC(=O)c3ccccc3F)cc2OC)cc1. The van der Waals surface area contributed by atoms with Crippen LogP contribution in [0.2, 0.25) is 0 Å². The number of nitrogens with zero attached hydrogens (tertiary/aromatic N) is 1. The third kappa shape index (κ3) is 5.69. The molecule has 0 unspecified atom stereocenters. The second-order valence-electron chi connectivity index (χ2n) is 6.44. The Bertz CT molecular complexity index is 1130. The highest BCUT2D eigenvalue weighted by Gasteiger charge is 2.13. The third-order valence-electron chi connectivity index (χ3n) is 4.29. The average molecular weight is 436 g/mol. The Hall–Kier alpha value is -4.20. The van der Waals surface area contributed by atoms with Crippen LogP contribution in [0, 0.1) is 5.82 Å². The summed E-state index contributed by atoms with van der Waals surface area (Å²) >= 11 is 0. The maximum absolute atomic E-state index is 13.6. The molecule has 1 N–H and O–H groups in total. The number of nitrogens with one attached hydrogen (secondary N) is 1. The predicted molar refractivity (Wildman–Crippen MR) is 117 cm³/mol. The number of carbonyl (C=O) groups is 2. The second-order valence-corrected chi connectivity index (χ2v) is 6.44. The van der Waals surface area contributed by atoms with Crippen molar-refractivity contribution in [2.24, 2.45) is 5.10 Å². The Morgan fingerprint density at radius 2 is 1.78 bits per heavy atom. The maximum atomic E-state index is 13.6. The monoisotopic (exact) mass is 436 g/mol. The van der Waals surface area contributed by atoms with Crippen LogP contribution in [0.5, 0.6) is 17.2 Å². The molecule has 0 saturated carbocycles. The first-order valence-corrected chi connectivity index (χ1v) is 9.72. The Labute approximate surface area is 184 Å². The van der Waals surface area contributed by atoms with E-state index in [0.717, 1.165) is 0 Å². The molecule has 0 spiro atoms. The van der Waals surface area contributed by atoms with E-state index in [2.05, 4.69) is 10.5 Å². The van der Waals surface area contributed by atoms with Crippen molar-refractivity contribution in [1.82, 2.24) is 5.43 Å². The number of esters is 1. The van der Waals surface area contributed by atoms with E-state index in [-0.39, 0.29) is 11.3 Å². The fourth-order valence-corrected chi connectivity index (χ4v) is 2.73. The summed E-state index contributed by atoms with van der Waals surface area (Å²) in [6.45, 7) is 2.41. The van der Waals surface area contributed by atoms with E-state index in [1.165, 1.54) is 31.5 Å². The van der Waals surface area contributed by atoms with Gasteiger partial charge in [0, 0.05) is 0 Å². The van der Waals surface area contributed by atoms with E-state index >= 15 is 0 Å². The fourth-order valence-electron chi connectivity index (χ4n) is 2.73. The molecule has 0 bridgehead atoms. The molecule has 0 heterocycles. The number of hydrogen-bond acceptors (Lipinski definition) is 6. The molecule has 0 aliphatic heterocycles. The highest BCUT2D eigenvalue weighted by molar-refractivity contribution is 5.95. The van der Waals surface area contributed by atoms with Crippen molar-refractivity contribution in [2.45, 2.75) is 6.92 Å². The van der Waals surface area contributed by atoms with Gasteiger partial charge >= 0.3 is 5.97 Å². The lowest BCUT2D eigenvalue weighted by molar-refractivity contribution is 0.0729. The van der Waals surface area contributed by atoms with Crippen molar-refractivity contribution in [3.63, 3.8) is 0 Å². The molecule has 32 heavy (non-hydrogen) atoms. The van der Waals surface area contributed by atoms with Crippen LogP contribution in [-0.2, 0) is 0 Å². The van der Waals surface area contributed by atoms with E-state index in [9.17, 15) is 14.0 Å². The van der Waals surface area contributed by atoms with Gasteiger partial charge in [-0.3, -0.25) is 4.79 Å². The van der Waals surface area contributed by atoms with Gasteiger partial charge in [-0.15, -0.1) is 0 Å². The number of benzene rings is 3. The third-order valence-corrected chi connectivity index (χ3v) is 4.29. The van der Waals surface area contributed by atoms with E-state index in [0.29, 0.717) is 29.2 Å². The molecule has 0 aliphatic carbocycles. The van der Waals surface area contributed by atoms with Gasteiger partial charge in [0.05, 0.1) is 31.1 Å². The van der Waals surface area contributed by atoms with Crippen molar-refractivity contribution in [1.29, 1.82) is 0 Å². The highest BCUT2D eigenvalue weighted by Crippen LogP contribution is 2.28. The van der Waals surface area contributed by atoms with Gasteiger partial charge in [-0.2, -0.15) is 5.10 Å². The molecule has 3 aromatic carbocycles. The van der Waals surface area contributed by atoms with E-state index in [1.807, 2.05) is 6.92 Å². The van der Waals surface area contributed by atoms with Crippen LogP contribution in [0.3, 0.4) is 0 Å². The zero-order valence-corrected chi connectivity index (χ0v) is 17.5. The number of carbonyl (C=O) groups excluding carboxylic acids is 2. The number of methoxy groups -OCH3 is 1. The molecule has 1 amide bonds. The Morgan fingerprint density at radius 1 is 1.03 bits per heavy atom. The van der Waals surface area contributed by atoms with Crippen LogP contribution in [0.15, 0.2) is 71.8 Å². The van der Waals surface area contributed by atoms with Crippen LogP contribution in [-0.4, -0.2) is 31.8 Å². The zero-order valence-electron chi connectivity index (χ0n) is 17.5. The van der Waals surface area contributed by atoms with Crippen LogP contribution in [0.1, 0.15) is 33.2 Å². The summed E-state index contributed by atoms with van der Waals surface area (Å²) < 4.78 is 29.7. The molecule has 3 aromatic rings. The lowest BCUT2D eigenvalue weighted by Crippen LogP contribution is -2.18. The smallest absolute Gasteiger partial charge is 0.343 e. The summed E-state index contributed by atoms with van der Waals surface area (Å²) in [5.74, 6) is -0.683. The van der Waals surface area contributed by atoms with Gasteiger partial charge in [-0.25, -0.2) is 14.6 Å². The summed E-state index contributed by atoms with van der Waals surface area (Å²) in [6, 6.07) is 16.9. The first-order chi connectivity index (χ1) is 15.5. The second kappa shape index (κ2) is 10.7. The molecule has 164 valence electrons. The van der Waals surface area contributed by atoms with Gasteiger partial charge in [0.1, 0.15) is 11.6 Å². The summed E-state index contributed by atoms with van der Waals surface area (Å²) in [7, 11) is 1.43. The van der Waals surface area contributed by atoms with Gasteiger partial charge in [0.2, 0.25) is 0 Å². The van der Waals surface area contributed by atoms with Gasteiger partial charge in [0.25, 0.3) is 5.91 Å². The van der Waals surface area contributed by atoms with Gasteiger partial charge in [-0.1, -0.05) is 12.1 Å². The molecule has 7 nitrogen and oxygen atoms in total. The quantitative estimate of drug-likeness (QED) is 0.247. The Morgan fingerprint density at radius 3 is 2.47 bits per heavy atom. The molecule has 0 radical (unpaired) electrons. The van der Waals surface area contributed by atoms with E-state index < -0.39 is 17.7 Å². The van der Waals surface area contributed by atoms with Crippen molar-refractivity contribution in [3.05, 3.63) is 89.2 Å². The lowest BCUT2D eigenvalue weighted by Gasteiger charge is -2.10. The number of ether oxygens (including phenoxy) is 3. The first kappa shape index (κ1) is 22.5. The number of amides is 1. The summed E-state index contributed by atoms with van der Waals surface area (Å²) in [5.41, 5.74) is 3.07. The summed E-state index contributed by atoms with van der Waals surface area (Å²) in [4.78, 5) is 24.4. The summed E-state index contributed by atoms with van der Waals surface area (Å²) in [5, 5.41) is 3.83. The van der Waals surface area contributed by atoms with Gasteiger partial charge in [0.15, 0.2) is 11.5 Å². The van der Waals surface area contributed by atoms with E-state index in [4.69, 9.17) is 14.2 Å². The highest BCUT2D eigenvalue weighted by atomic mass is 19.1. The number of hydrazone groups is 1. The fraction of sp³-hybridized carbons (Fsp3) is 0.125. The first-order valence-electron chi connectivity index (χ1n) is 9.72. The number of rotatable bonds is 8. The topological polar surface area (TPSA) is 86.2 Å². The molecule has 0 aromatic heterocycles. The predicted octanol–water partition coefficient (Wildman–Crippen LogP) is 4.22. The Balaban J connectivity index is 1.66. The minimum absolute atomic E-state index is 0.112. The van der Waals surface area contributed by atoms with Gasteiger partial charge < -0.3 is 14.2 Å². The van der Waals surface area contributed by atoms with Crippen molar-refractivity contribution in [3.8, 4) is 17.2 Å². The zero-order chi connectivity index (χ0) is 22.9. The van der Waals surface area contributed by atoms with E-state index in [1.54, 1.807) is 48.5 Å². The lowest BCUT2D eigenvalue weighted by atomic mass is 10.2. The Kier molecular flexibility index (Phi) is 7.53. The standard InChI is InChI=1S/C24H21FN2O5/c1-3-31-18-11-9-17(10-12-18)24(29)32-21-13-8-16(14-22(21)30-2)15-26-27-23(28)19-6-4-5-7-20(19)25/h4-15H,3H2,1-2H3,(H,27,28)/b26-15-. The van der Waals surface area contributed by atoms with Crippen LogP contribution in [0.25, 0.3) is 0 Å². The number of hydrogen-bond donors (Lipinski definition) is 1. The van der Waals surface area contributed by atoms with Crippen molar-refractivity contribution < 1.29 is 28.2 Å². The molecular formula is C24H21FN2O5. The molecule has 0 saturated heterocycles. The summed E-state index contributed by atoms with van der Waals surface area (Å²) in [6.07, 6.45) is 1.36. The van der Waals surface area contributed by atoms with Crippen LogP contribution < -0.4 is 19.6 Å². The average Bonchev–Trinajstić information content (AvgIpc) is 2.80.